The average molecular weight is 272 g/mol. The Balaban J connectivity index is 2.04. The molecule has 0 saturated heterocycles. The van der Waals surface area contributed by atoms with Crippen molar-refractivity contribution in [1.29, 1.82) is 0 Å². The molecule has 5 heteroatoms. The van der Waals surface area contributed by atoms with E-state index in [9.17, 15) is 9.90 Å². The van der Waals surface area contributed by atoms with Gasteiger partial charge in [-0.15, -0.1) is 0 Å². The molecule has 2 N–H and O–H groups in total. The number of ether oxygens (including phenoxy) is 1. The molecule has 1 heterocycles. The van der Waals surface area contributed by atoms with Gasteiger partial charge in [-0.25, -0.2) is 4.98 Å². The molecule has 0 radical (unpaired) electrons. The minimum atomic E-state index is -0.332. The Morgan fingerprint density at radius 1 is 1.30 bits per heavy atom. The molecule has 0 aliphatic rings. The van der Waals surface area contributed by atoms with Gasteiger partial charge < -0.3 is 15.2 Å². The Hall–Kier alpha value is -2.56. The first-order valence-electron chi connectivity index (χ1n) is 6.39. The number of aromatic hydroxyl groups is 1. The van der Waals surface area contributed by atoms with E-state index in [1.54, 1.807) is 30.3 Å². The molecule has 0 atom stereocenters. The number of benzene rings is 1. The van der Waals surface area contributed by atoms with E-state index in [2.05, 4.69) is 10.3 Å². The molecule has 0 unspecified atom stereocenters. The van der Waals surface area contributed by atoms with Crippen molar-refractivity contribution < 1.29 is 14.6 Å². The third kappa shape index (κ3) is 3.47. The molecule has 0 aliphatic heterocycles. The van der Waals surface area contributed by atoms with Crippen LogP contribution < -0.4 is 10.1 Å². The summed E-state index contributed by atoms with van der Waals surface area (Å²) < 4.78 is 5.44. The summed E-state index contributed by atoms with van der Waals surface area (Å²) in [5.41, 5.74) is 0.471. The van der Waals surface area contributed by atoms with Gasteiger partial charge in [0.2, 0.25) is 0 Å². The molecule has 0 bridgehead atoms. The van der Waals surface area contributed by atoms with Crippen LogP contribution >= 0.6 is 0 Å². The number of anilines is 1. The number of pyridine rings is 1. The number of nitrogens with one attached hydrogen (secondary N) is 1. The Morgan fingerprint density at radius 2 is 2.05 bits per heavy atom. The van der Waals surface area contributed by atoms with Gasteiger partial charge in [-0.1, -0.05) is 6.92 Å². The van der Waals surface area contributed by atoms with E-state index in [1.807, 2.05) is 6.92 Å². The van der Waals surface area contributed by atoms with Gasteiger partial charge in [0.25, 0.3) is 5.91 Å². The summed E-state index contributed by atoms with van der Waals surface area (Å²) >= 11 is 0. The highest BCUT2D eigenvalue weighted by atomic mass is 16.5. The van der Waals surface area contributed by atoms with Crippen LogP contribution in [0, 0.1) is 0 Å². The first-order chi connectivity index (χ1) is 9.70. The van der Waals surface area contributed by atoms with Gasteiger partial charge in [-0.3, -0.25) is 4.79 Å². The summed E-state index contributed by atoms with van der Waals surface area (Å²) in [5.74, 6) is 0.470. The highest BCUT2D eigenvalue weighted by Gasteiger charge is 2.09. The van der Waals surface area contributed by atoms with Crippen molar-refractivity contribution >= 4 is 11.7 Å². The number of carbonyl (C=O) groups excluding carboxylic acids is 1. The normalized spacial score (nSPS) is 10.1. The minimum absolute atomic E-state index is 0.0660. The van der Waals surface area contributed by atoms with Crippen molar-refractivity contribution in [3.8, 4) is 11.5 Å². The largest absolute Gasteiger partial charge is 0.504 e. The van der Waals surface area contributed by atoms with Crippen LogP contribution in [0.15, 0.2) is 42.6 Å². The van der Waals surface area contributed by atoms with Crippen LogP contribution in [0.5, 0.6) is 11.5 Å². The number of hydrogen-bond donors (Lipinski definition) is 2. The maximum Gasteiger partial charge on any atom is 0.256 e. The maximum atomic E-state index is 12.0. The van der Waals surface area contributed by atoms with Crippen LogP contribution in [0.1, 0.15) is 23.7 Å². The zero-order valence-corrected chi connectivity index (χ0v) is 11.2. The monoisotopic (exact) mass is 272 g/mol. The Morgan fingerprint density at radius 3 is 2.70 bits per heavy atom. The van der Waals surface area contributed by atoms with E-state index >= 15 is 0 Å². The van der Waals surface area contributed by atoms with Gasteiger partial charge in [0.05, 0.1) is 6.61 Å². The van der Waals surface area contributed by atoms with Crippen molar-refractivity contribution in [2.24, 2.45) is 0 Å². The zero-order valence-electron chi connectivity index (χ0n) is 11.2. The number of aromatic nitrogens is 1. The van der Waals surface area contributed by atoms with Crippen LogP contribution in [0.4, 0.5) is 5.82 Å². The fourth-order valence-corrected chi connectivity index (χ4v) is 1.60. The van der Waals surface area contributed by atoms with Crippen LogP contribution in [0.2, 0.25) is 0 Å². The molecule has 0 saturated carbocycles. The molecule has 0 aliphatic carbocycles. The molecule has 0 spiro atoms. The Bertz CT molecular complexity index is 582. The summed E-state index contributed by atoms with van der Waals surface area (Å²) in [6, 6.07) is 9.86. The van der Waals surface area contributed by atoms with E-state index in [1.165, 1.54) is 12.3 Å². The van der Waals surface area contributed by atoms with Crippen LogP contribution in [0.3, 0.4) is 0 Å². The molecule has 2 aromatic rings. The number of nitrogens with zero attached hydrogens (tertiary/aromatic N) is 1. The zero-order chi connectivity index (χ0) is 14.4. The second-order valence-corrected chi connectivity index (χ2v) is 4.20. The summed E-state index contributed by atoms with van der Waals surface area (Å²) in [6.45, 7) is 2.68. The number of amides is 1. The van der Waals surface area contributed by atoms with Gasteiger partial charge in [0, 0.05) is 11.8 Å². The SMILES string of the molecule is CCCOc1ccc(C(=O)Nc2ncccc2O)cc1. The van der Waals surface area contributed by atoms with Gasteiger partial charge in [-0.2, -0.15) is 0 Å². The van der Waals surface area contributed by atoms with E-state index in [0.29, 0.717) is 12.2 Å². The number of rotatable bonds is 5. The third-order valence-corrected chi connectivity index (χ3v) is 2.61. The van der Waals surface area contributed by atoms with E-state index in [0.717, 1.165) is 12.2 Å². The summed E-state index contributed by atoms with van der Waals surface area (Å²) in [6.07, 6.45) is 2.43. The molecular formula is C15H16N2O3. The minimum Gasteiger partial charge on any atom is -0.504 e. The number of carbonyl (C=O) groups is 1. The van der Waals surface area contributed by atoms with Gasteiger partial charge in [0.15, 0.2) is 11.6 Å². The maximum absolute atomic E-state index is 12.0. The molecule has 5 nitrogen and oxygen atoms in total. The first-order valence-corrected chi connectivity index (χ1v) is 6.39. The summed E-state index contributed by atoms with van der Waals surface area (Å²) in [5, 5.41) is 12.1. The smallest absolute Gasteiger partial charge is 0.256 e. The van der Waals surface area contributed by atoms with E-state index < -0.39 is 0 Å². The lowest BCUT2D eigenvalue weighted by atomic mass is 10.2. The summed E-state index contributed by atoms with van der Waals surface area (Å²) in [4.78, 5) is 15.9. The highest BCUT2D eigenvalue weighted by molar-refractivity contribution is 6.04. The second kappa shape index (κ2) is 6.56. The lowest BCUT2D eigenvalue weighted by Crippen LogP contribution is -2.12. The predicted molar refractivity (Wildman–Crippen MR) is 76.1 cm³/mol. The molecule has 1 amide bonds. The Labute approximate surface area is 117 Å². The third-order valence-electron chi connectivity index (χ3n) is 2.61. The molecule has 104 valence electrons. The highest BCUT2D eigenvalue weighted by Crippen LogP contribution is 2.19. The van der Waals surface area contributed by atoms with Crippen molar-refractivity contribution in [3.63, 3.8) is 0 Å². The quantitative estimate of drug-likeness (QED) is 0.878. The summed E-state index contributed by atoms with van der Waals surface area (Å²) in [7, 11) is 0. The van der Waals surface area contributed by atoms with Crippen molar-refractivity contribution in [3.05, 3.63) is 48.2 Å². The topological polar surface area (TPSA) is 71.5 Å². The van der Waals surface area contributed by atoms with Crippen molar-refractivity contribution in [2.45, 2.75) is 13.3 Å². The fourth-order valence-electron chi connectivity index (χ4n) is 1.60. The van der Waals surface area contributed by atoms with Crippen LogP contribution in [0.25, 0.3) is 0 Å². The number of hydrogen-bond acceptors (Lipinski definition) is 4. The molecule has 1 aromatic heterocycles. The molecular weight excluding hydrogens is 256 g/mol. The molecule has 2 rings (SSSR count). The van der Waals surface area contributed by atoms with Crippen LogP contribution in [-0.4, -0.2) is 22.6 Å². The van der Waals surface area contributed by atoms with Gasteiger partial charge >= 0.3 is 0 Å². The lowest BCUT2D eigenvalue weighted by Gasteiger charge is -2.07. The predicted octanol–water partition coefficient (Wildman–Crippen LogP) is 2.83. The first kappa shape index (κ1) is 13.9. The molecule has 20 heavy (non-hydrogen) atoms. The molecule has 0 fully saturated rings. The lowest BCUT2D eigenvalue weighted by molar-refractivity contribution is 0.102. The second-order valence-electron chi connectivity index (χ2n) is 4.20. The van der Waals surface area contributed by atoms with Gasteiger partial charge in [-0.05, 0) is 42.8 Å². The molecule has 1 aromatic carbocycles. The van der Waals surface area contributed by atoms with Crippen molar-refractivity contribution in [1.82, 2.24) is 4.98 Å². The standard InChI is InChI=1S/C15H16N2O3/c1-2-10-20-12-7-5-11(6-8-12)15(19)17-14-13(18)4-3-9-16-14/h3-9,18H,2,10H2,1H3,(H,16,17,19). The van der Waals surface area contributed by atoms with Crippen molar-refractivity contribution in [2.75, 3.05) is 11.9 Å². The average Bonchev–Trinajstić information content (AvgIpc) is 2.48. The van der Waals surface area contributed by atoms with Crippen LogP contribution in [-0.2, 0) is 0 Å². The van der Waals surface area contributed by atoms with E-state index in [4.69, 9.17) is 4.74 Å². The van der Waals surface area contributed by atoms with E-state index in [-0.39, 0.29) is 17.5 Å². The fraction of sp³-hybridized carbons (Fsp3) is 0.200. The Kier molecular flexibility index (Phi) is 4.55. The van der Waals surface area contributed by atoms with Gasteiger partial charge in [0.1, 0.15) is 5.75 Å².